The number of hydrogen-bond acceptors (Lipinski definition) is 4. The molecule has 0 heterocycles. The lowest BCUT2D eigenvalue weighted by Gasteiger charge is -2.28. The number of aliphatic hydroxyl groups excluding tert-OH is 1. The lowest BCUT2D eigenvalue weighted by molar-refractivity contribution is -0.143. The Morgan fingerprint density at radius 2 is 1.57 bits per heavy atom. The number of aliphatic hydroxyl groups is 1. The van der Waals surface area contributed by atoms with Gasteiger partial charge in [-0.2, -0.15) is 0 Å². The fourth-order valence-electron chi connectivity index (χ4n) is 5.56. The summed E-state index contributed by atoms with van der Waals surface area (Å²) in [5, 5.41) is 10.1. The zero-order valence-electron chi connectivity index (χ0n) is 16.0. The van der Waals surface area contributed by atoms with Gasteiger partial charge in [0.1, 0.15) is 5.78 Å². The number of carbonyl (C=O) groups excluding carboxylic acids is 2. The molecule has 0 spiro atoms. The van der Waals surface area contributed by atoms with E-state index in [1.54, 1.807) is 0 Å². The summed E-state index contributed by atoms with van der Waals surface area (Å²) < 4.78 is 5.28. The molecular formula is C24H26O4. The van der Waals surface area contributed by atoms with E-state index >= 15 is 0 Å². The molecule has 2 aromatic rings. The number of benzene rings is 2. The largest absolute Gasteiger partial charge is 0.466 e. The Morgan fingerprint density at radius 1 is 0.964 bits per heavy atom. The number of fused-ring (bicyclic) bond motifs is 1. The van der Waals surface area contributed by atoms with Gasteiger partial charge in [0.25, 0.3) is 0 Å². The van der Waals surface area contributed by atoms with E-state index in [-0.39, 0.29) is 60.5 Å². The summed E-state index contributed by atoms with van der Waals surface area (Å²) in [5.74, 6) is -0.426. The zero-order valence-corrected chi connectivity index (χ0v) is 16.0. The third-order valence-corrected chi connectivity index (χ3v) is 6.56. The molecule has 0 aliphatic heterocycles. The number of carbonyl (C=O) groups is 2. The van der Waals surface area contributed by atoms with Gasteiger partial charge >= 0.3 is 5.97 Å². The number of esters is 1. The van der Waals surface area contributed by atoms with Crippen LogP contribution in [0.1, 0.15) is 36.3 Å². The topological polar surface area (TPSA) is 63.6 Å². The normalized spacial score (nSPS) is 31.6. The van der Waals surface area contributed by atoms with Gasteiger partial charge in [-0.15, -0.1) is 0 Å². The fourth-order valence-corrected chi connectivity index (χ4v) is 5.56. The highest BCUT2D eigenvalue weighted by atomic mass is 16.5. The first-order valence-electron chi connectivity index (χ1n) is 9.99. The minimum absolute atomic E-state index is 0.0283. The maximum Gasteiger partial charge on any atom is 0.302 e. The molecule has 1 N–H and O–H groups in total. The molecule has 2 aliphatic rings. The molecule has 0 radical (unpaired) electrons. The van der Waals surface area contributed by atoms with Crippen LogP contribution in [0.25, 0.3) is 0 Å². The lowest BCUT2D eigenvalue weighted by Crippen LogP contribution is -2.24. The van der Waals surface area contributed by atoms with Crippen molar-refractivity contribution in [2.75, 3.05) is 13.2 Å². The summed E-state index contributed by atoms with van der Waals surface area (Å²) in [5.41, 5.74) is 2.17. The highest BCUT2D eigenvalue weighted by molar-refractivity contribution is 5.92. The molecule has 0 unspecified atom stereocenters. The second-order valence-electron chi connectivity index (χ2n) is 8.07. The van der Waals surface area contributed by atoms with Crippen molar-refractivity contribution in [2.45, 2.75) is 25.2 Å². The first-order valence-corrected chi connectivity index (χ1v) is 9.99. The number of Topliss-reactive ketones (excluding diaryl/α,β-unsaturated/α-hetero) is 1. The van der Waals surface area contributed by atoms with Crippen LogP contribution in [0.5, 0.6) is 0 Å². The van der Waals surface area contributed by atoms with Crippen molar-refractivity contribution in [2.24, 2.45) is 23.7 Å². The smallest absolute Gasteiger partial charge is 0.302 e. The molecule has 0 amide bonds. The summed E-state index contributed by atoms with van der Waals surface area (Å²) in [4.78, 5) is 25.0. The monoisotopic (exact) mass is 378 g/mol. The average Bonchev–Trinajstić information content (AvgIpc) is 3.23. The highest BCUT2D eigenvalue weighted by Crippen LogP contribution is 2.60. The third kappa shape index (κ3) is 3.26. The Morgan fingerprint density at radius 3 is 2.14 bits per heavy atom. The van der Waals surface area contributed by atoms with Gasteiger partial charge in [0.2, 0.25) is 0 Å². The number of ketones is 1. The van der Waals surface area contributed by atoms with Gasteiger partial charge in [-0.05, 0) is 29.4 Å². The molecule has 0 saturated heterocycles. The maximum atomic E-state index is 13.7. The molecule has 0 aromatic heterocycles. The molecular weight excluding hydrogens is 352 g/mol. The summed E-state index contributed by atoms with van der Waals surface area (Å²) in [6.07, 6.45) is 0.718. The molecule has 0 bridgehead atoms. The Balaban J connectivity index is 1.77. The van der Waals surface area contributed by atoms with Crippen LogP contribution < -0.4 is 0 Å². The number of hydrogen-bond donors (Lipinski definition) is 1. The van der Waals surface area contributed by atoms with Crippen molar-refractivity contribution in [1.82, 2.24) is 0 Å². The first-order chi connectivity index (χ1) is 13.6. The molecule has 2 aliphatic carbocycles. The molecule has 28 heavy (non-hydrogen) atoms. The molecule has 146 valence electrons. The van der Waals surface area contributed by atoms with Gasteiger partial charge in [0, 0.05) is 31.3 Å². The Hall–Kier alpha value is -2.46. The maximum absolute atomic E-state index is 13.7. The van der Waals surface area contributed by atoms with Gasteiger partial charge in [0.15, 0.2) is 0 Å². The SMILES string of the molecule is CC(=O)OC[C@H]1C[C@@H](CO)[C@H]2[C@@H]1C(=O)[C@@H](c1ccccc1)[C@@H]2c1ccccc1. The van der Waals surface area contributed by atoms with E-state index in [1.165, 1.54) is 6.92 Å². The molecule has 2 aromatic carbocycles. The van der Waals surface area contributed by atoms with E-state index in [4.69, 9.17) is 4.74 Å². The average molecular weight is 378 g/mol. The van der Waals surface area contributed by atoms with Crippen LogP contribution in [0.15, 0.2) is 60.7 Å². The van der Waals surface area contributed by atoms with Crippen LogP contribution in [-0.2, 0) is 14.3 Å². The Labute approximate surface area is 165 Å². The minimum Gasteiger partial charge on any atom is -0.466 e. The van der Waals surface area contributed by atoms with Crippen molar-refractivity contribution >= 4 is 11.8 Å². The van der Waals surface area contributed by atoms with Crippen LogP contribution in [0, 0.1) is 23.7 Å². The molecule has 2 saturated carbocycles. The van der Waals surface area contributed by atoms with Crippen molar-refractivity contribution in [3.8, 4) is 0 Å². The van der Waals surface area contributed by atoms with E-state index in [2.05, 4.69) is 12.1 Å². The van der Waals surface area contributed by atoms with E-state index in [0.29, 0.717) is 0 Å². The summed E-state index contributed by atoms with van der Waals surface area (Å²) in [7, 11) is 0. The number of ether oxygens (including phenoxy) is 1. The van der Waals surface area contributed by atoms with Gasteiger partial charge in [0.05, 0.1) is 12.5 Å². The van der Waals surface area contributed by atoms with Crippen molar-refractivity contribution < 1.29 is 19.4 Å². The van der Waals surface area contributed by atoms with Crippen LogP contribution in [0.2, 0.25) is 0 Å². The van der Waals surface area contributed by atoms with Gasteiger partial charge < -0.3 is 9.84 Å². The van der Waals surface area contributed by atoms with E-state index in [0.717, 1.165) is 17.5 Å². The molecule has 2 fully saturated rings. The third-order valence-electron chi connectivity index (χ3n) is 6.56. The van der Waals surface area contributed by atoms with Crippen LogP contribution in [0.4, 0.5) is 0 Å². The van der Waals surface area contributed by atoms with E-state index in [1.807, 2.05) is 48.5 Å². The van der Waals surface area contributed by atoms with E-state index < -0.39 is 0 Å². The molecule has 4 heteroatoms. The second-order valence-corrected chi connectivity index (χ2v) is 8.07. The zero-order chi connectivity index (χ0) is 19.7. The van der Waals surface area contributed by atoms with Crippen molar-refractivity contribution in [3.63, 3.8) is 0 Å². The van der Waals surface area contributed by atoms with Gasteiger partial charge in [-0.25, -0.2) is 0 Å². The fraction of sp³-hybridized carbons (Fsp3) is 0.417. The van der Waals surface area contributed by atoms with Crippen LogP contribution >= 0.6 is 0 Å². The van der Waals surface area contributed by atoms with Crippen molar-refractivity contribution in [3.05, 3.63) is 71.8 Å². The number of rotatable bonds is 5. The Kier molecular flexibility index (Phi) is 5.31. The molecule has 4 rings (SSSR count). The Bertz CT molecular complexity index is 832. The quantitative estimate of drug-likeness (QED) is 0.808. The molecule has 6 atom stereocenters. The lowest BCUT2D eigenvalue weighted by atomic mass is 9.76. The standard InChI is InChI=1S/C24H26O4/c1-15(26)28-14-19-12-18(13-25)21-20(16-8-4-2-5-9-16)22(24(27)23(19)21)17-10-6-3-7-11-17/h2-11,18-23,25H,12-14H2,1H3/t18-,19+,20+,21+,22-,23+/m0/s1. The summed E-state index contributed by atoms with van der Waals surface area (Å²) >= 11 is 0. The molecule has 4 nitrogen and oxygen atoms in total. The van der Waals surface area contributed by atoms with Crippen LogP contribution in [0.3, 0.4) is 0 Å². The van der Waals surface area contributed by atoms with E-state index in [9.17, 15) is 14.7 Å². The predicted molar refractivity (Wildman–Crippen MR) is 106 cm³/mol. The van der Waals surface area contributed by atoms with Gasteiger partial charge in [-0.1, -0.05) is 60.7 Å². The first kappa shape index (κ1) is 18.9. The second kappa shape index (κ2) is 7.88. The van der Waals surface area contributed by atoms with Crippen molar-refractivity contribution in [1.29, 1.82) is 0 Å². The summed E-state index contributed by atoms with van der Waals surface area (Å²) in [6, 6.07) is 20.1. The minimum atomic E-state index is -0.325. The van der Waals surface area contributed by atoms with Crippen LogP contribution in [-0.4, -0.2) is 30.1 Å². The predicted octanol–water partition coefficient (Wildman–Crippen LogP) is 3.56. The van der Waals surface area contributed by atoms with Gasteiger partial charge in [-0.3, -0.25) is 9.59 Å². The summed E-state index contributed by atoms with van der Waals surface area (Å²) in [6.45, 7) is 1.70. The highest BCUT2D eigenvalue weighted by Gasteiger charge is 2.59.